The van der Waals surface area contributed by atoms with E-state index in [1.807, 2.05) is 24.3 Å². The van der Waals surface area contributed by atoms with Gasteiger partial charge in [-0.1, -0.05) is 40.2 Å². The predicted molar refractivity (Wildman–Crippen MR) is 128 cm³/mol. The van der Waals surface area contributed by atoms with Crippen molar-refractivity contribution >= 4 is 34.3 Å². The van der Waals surface area contributed by atoms with Crippen LogP contribution >= 0.6 is 15.9 Å². The first kappa shape index (κ1) is 23.5. The summed E-state index contributed by atoms with van der Waals surface area (Å²) in [5, 5.41) is 13.3. The van der Waals surface area contributed by atoms with E-state index in [1.165, 1.54) is 5.56 Å². The molecule has 7 heteroatoms. The summed E-state index contributed by atoms with van der Waals surface area (Å²) in [6.45, 7) is 5.28. The Morgan fingerprint density at radius 3 is 2.42 bits per heavy atom. The standard InChI is InChI=1S/C26H28BrNO5/c1-24(2,3)33-23(32)28-26(10-4-9-25(26,11-12-29)22(30)31)18-5-7-20-16(14-18)13-17-15-19(27)6-8-21(17)20/h5-8,12,14-15H,4,9-11,13H2,1-3H3,(H,28,32)(H,30,31)/t25-,26+/m1/s1. The van der Waals surface area contributed by atoms with E-state index in [1.54, 1.807) is 20.8 Å². The summed E-state index contributed by atoms with van der Waals surface area (Å²) in [6.07, 6.45) is 1.75. The number of hydrogen-bond donors (Lipinski definition) is 2. The van der Waals surface area contributed by atoms with Crippen molar-refractivity contribution in [3.8, 4) is 11.1 Å². The molecule has 0 radical (unpaired) electrons. The first-order valence-electron chi connectivity index (χ1n) is 11.1. The third-order valence-electron chi connectivity index (χ3n) is 6.86. The molecular formula is C26H28BrNO5. The molecule has 2 N–H and O–H groups in total. The number of carbonyl (C=O) groups excluding carboxylic acids is 2. The summed E-state index contributed by atoms with van der Waals surface area (Å²) in [7, 11) is 0. The number of rotatable bonds is 5. The molecule has 2 aliphatic carbocycles. The lowest BCUT2D eigenvalue weighted by Crippen LogP contribution is -2.58. The van der Waals surface area contributed by atoms with Crippen molar-refractivity contribution in [2.75, 3.05) is 0 Å². The minimum absolute atomic E-state index is 0.192. The van der Waals surface area contributed by atoms with E-state index >= 15 is 0 Å². The van der Waals surface area contributed by atoms with Crippen LogP contribution in [0.4, 0.5) is 4.79 Å². The van der Waals surface area contributed by atoms with Crippen LogP contribution in [0.5, 0.6) is 0 Å². The van der Waals surface area contributed by atoms with Crippen LogP contribution < -0.4 is 5.32 Å². The maximum absolute atomic E-state index is 12.9. The third-order valence-corrected chi connectivity index (χ3v) is 7.36. The number of aliphatic carboxylic acids is 1. The highest BCUT2D eigenvalue weighted by molar-refractivity contribution is 9.10. The Hall–Kier alpha value is -2.67. The van der Waals surface area contributed by atoms with Crippen molar-refractivity contribution < 1.29 is 24.2 Å². The Kier molecular flexibility index (Phi) is 5.89. The summed E-state index contributed by atoms with van der Waals surface area (Å²) in [4.78, 5) is 37.3. The van der Waals surface area contributed by atoms with Crippen molar-refractivity contribution in [2.45, 2.75) is 64.0 Å². The van der Waals surface area contributed by atoms with Gasteiger partial charge >= 0.3 is 12.1 Å². The van der Waals surface area contributed by atoms with Crippen LogP contribution in [0.15, 0.2) is 40.9 Å². The first-order valence-corrected chi connectivity index (χ1v) is 11.9. The Morgan fingerprint density at radius 2 is 1.79 bits per heavy atom. The second kappa shape index (κ2) is 8.28. The smallest absolute Gasteiger partial charge is 0.408 e. The number of halogens is 1. The van der Waals surface area contributed by atoms with E-state index in [0.717, 1.165) is 21.2 Å². The second-order valence-corrected chi connectivity index (χ2v) is 10.9. The largest absolute Gasteiger partial charge is 0.481 e. The van der Waals surface area contributed by atoms with Crippen LogP contribution in [0.3, 0.4) is 0 Å². The molecule has 174 valence electrons. The highest BCUT2D eigenvalue weighted by Crippen LogP contribution is 2.55. The molecule has 0 saturated heterocycles. The van der Waals surface area contributed by atoms with Crippen LogP contribution in [0.25, 0.3) is 11.1 Å². The second-order valence-electron chi connectivity index (χ2n) is 9.99. The van der Waals surface area contributed by atoms with Gasteiger partial charge in [-0.25, -0.2) is 4.79 Å². The average Bonchev–Trinajstić information content (AvgIpc) is 3.25. The van der Waals surface area contributed by atoms with Crippen LogP contribution in [0.1, 0.15) is 63.1 Å². The zero-order chi connectivity index (χ0) is 24.0. The molecule has 1 amide bonds. The molecule has 2 atom stereocenters. The maximum atomic E-state index is 12.9. The van der Waals surface area contributed by atoms with E-state index in [4.69, 9.17) is 4.74 Å². The van der Waals surface area contributed by atoms with Crippen molar-refractivity contribution in [2.24, 2.45) is 5.41 Å². The zero-order valence-corrected chi connectivity index (χ0v) is 20.6. The van der Waals surface area contributed by atoms with E-state index < -0.39 is 28.6 Å². The number of fused-ring (bicyclic) bond motifs is 3. The molecule has 2 aromatic rings. The van der Waals surface area contributed by atoms with Gasteiger partial charge in [0.15, 0.2) is 0 Å². The highest BCUT2D eigenvalue weighted by Gasteiger charge is 2.61. The Morgan fingerprint density at radius 1 is 1.12 bits per heavy atom. The fraction of sp³-hybridized carbons (Fsp3) is 0.423. The zero-order valence-electron chi connectivity index (χ0n) is 19.0. The number of ether oxygens (including phenoxy) is 1. The van der Waals surface area contributed by atoms with Crippen LogP contribution in [-0.4, -0.2) is 29.1 Å². The summed E-state index contributed by atoms with van der Waals surface area (Å²) in [5.41, 5.74) is 1.76. The average molecular weight is 514 g/mol. The first-order chi connectivity index (χ1) is 15.5. The molecule has 0 heterocycles. The lowest BCUT2D eigenvalue weighted by Gasteiger charge is -2.43. The quantitative estimate of drug-likeness (QED) is 0.434. The Bertz CT molecular complexity index is 1140. The maximum Gasteiger partial charge on any atom is 0.408 e. The third kappa shape index (κ3) is 3.97. The van der Waals surface area contributed by atoms with Crippen molar-refractivity contribution in [3.63, 3.8) is 0 Å². The van der Waals surface area contributed by atoms with Gasteiger partial charge in [-0.15, -0.1) is 0 Å². The molecule has 4 rings (SSSR count). The van der Waals surface area contributed by atoms with Gasteiger partial charge in [0.1, 0.15) is 17.3 Å². The summed E-state index contributed by atoms with van der Waals surface area (Å²) in [6, 6.07) is 12.0. The molecule has 1 fully saturated rings. The molecule has 33 heavy (non-hydrogen) atoms. The van der Waals surface area contributed by atoms with E-state index in [2.05, 4.69) is 33.4 Å². The normalized spacial score (nSPS) is 23.5. The highest BCUT2D eigenvalue weighted by atomic mass is 79.9. The molecule has 6 nitrogen and oxygen atoms in total. The van der Waals surface area contributed by atoms with Gasteiger partial charge in [-0.2, -0.15) is 0 Å². The van der Waals surface area contributed by atoms with Crippen molar-refractivity contribution in [1.82, 2.24) is 5.32 Å². The molecule has 0 aromatic heterocycles. The van der Waals surface area contributed by atoms with Gasteiger partial charge in [0.05, 0.1) is 5.54 Å². The topological polar surface area (TPSA) is 92.7 Å². The molecule has 0 aliphatic heterocycles. The SMILES string of the molecule is CC(C)(C)OC(=O)N[C@]1(c2ccc3c(c2)Cc2cc(Br)ccc2-3)CCC[C@@]1(CC=O)C(=O)O. The summed E-state index contributed by atoms with van der Waals surface area (Å²) >= 11 is 3.53. The molecule has 0 bridgehead atoms. The van der Waals surface area contributed by atoms with Crippen molar-refractivity contribution in [1.29, 1.82) is 0 Å². The molecule has 0 spiro atoms. The molecule has 2 aromatic carbocycles. The van der Waals surface area contributed by atoms with Crippen molar-refractivity contribution in [3.05, 3.63) is 57.6 Å². The van der Waals surface area contributed by atoms with E-state index in [9.17, 15) is 19.5 Å². The van der Waals surface area contributed by atoms with Gasteiger partial charge in [0, 0.05) is 10.9 Å². The van der Waals surface area contributed by atoms with Crippen LogP contribution in [0, 0.1) is 5.41 Å². The van der Waals surface area contributed by atoms with Gasteiger partial charge < -0.3 is 20.0 Å². The number of carboxylic acid groups (broad SMARTS) is 1. The van der Waals surface area contributed by atoms with E-state index in [-0.39, 0.29) is 6.42 Å². The van der Waals surface area contributed by atoms with Gasteiger partial charge in [0.25, 0.3) is 0 Å². The van der Waals surface area contributed by atoms with Gasteiger partial charge in [-0.05, 0) is 86.4 Å². The number of alkyl carbamates (subject to hydrolysis) is 1. The monoisotopic (exact) mass is 513 g/mol. The number of benzene rings is 2. The lowest BCUT2D eigenvalue weighted by molar-refractivity contribution is -0.155. The minimum Gasteiger partial charge on any atom is -0.481 e. The lowest BCUT2D eigenvalue weighted by atomic mass is 9.66. The number of aldehydes is 1. The molecule has 1 saturated carbocycles. The number of nitrogens with one attached hydrogen (secondary N) is 1. The fourth-order valence-corrected chi connectivity index (χ4v) is 5.91. The van der Waals surface area contributed by atoms with Crippen LogP contribution in [0.2, 0.25) is 0 Å². The summed E-state index contributed by atoms with van der Waals surface area (Å²) in [5.74, 6) is -1.09. The number of carbonyl (C=O) groups is 3. The summed E-state index contributed by atoms with van der Waals surface area (Å²) < 4.78 is 6.52. The number of amides is 1. The Balaban J connectivity index is 1.84. The molecular weight excluding hydrogens is 486 g/mol. The minimum atomic E-state index is -1.45. The number of hydrogen-bond acceptors (Lipinski definition) is 4. The predicted octanol–water partition coefficient (Wildman–Crippen LogP) is 5.58. The van der Waals surface area contributed by atoms with Crippen LogP contribution in [-0.2, 0) is 26.3 Å². The van der Waals surface area contributed by atoms with Gasteiger partial charge in [0.2, 0.25) is 0 Å². The Labute approximate surface area is 201 Å². The van der Waals surface area contributed by atoms with E-state index in [0.29, 0.717) is 37.5 Å². The van der Waals surface area contributed by atoms with Gasteiger partial charge in [-0.3, -0.25) is 4.79 Å². The number of carboxylic acids is 1. The molecule has 0 unspecified atom stereocenters. The molecule has 2 aliphatic rings. The fourth-order valence-electron chi connectivity index (χ4n) is 5.50.